The van der Waals surface area contributed by atoms with Gasteiger partial charge in [-0.15, -0.1) is 0 Å². The second kappa shape index (κ2) is 4.51. The quantitative estimate of drug-likeness (QED) is 0.926. The van der Waals surface area contributed by atoms with Crippen LogP contribution in [-0.4, -0.2) is 20.2 Å². The minimum atomic E-state index is -3.32. The summed E-state index contributed by atoms with van der Waals surface area (Å²) >= 11 is 6.13. The predicted octanol–water partition coefficient (Wildman–Crippen LogP) is 2.51. The zero-order valence-corrected chi connectivity index (χ0v) is 12.2. The highest BCUT2D eigenvalue weighted by atomic mass is 35.5. The van der Waals surface area contributed by atoms with Crippen molar-refractivity contribution in [2.24, 2.45) is 5.73 Å². The SMILES string of the molecule is CC(C)S(=O)(=O)c1ccc(C2(CN)CC2)cc1Cl. The highest BCUT2D eigenvalue weighted by Crippen LogP contribution is 2.48. The van der Waals surface area contributed by atoms with Crippen LogP contribution in [-0.2, 0) is 15.3 Å². The molecule has 0 unspecified atom stereocenters. The lowest BCUT2D eigenvalue weighted by Gasteiger charge is -2.15. The van der Waals surface area contributed by atoms with Crippen LogP contribution in [0.1, 0.15) is 32.3 Å². The van der Waals surface area contributed by atoms with Crippen LogP contribution in [0.4, 0.5) is 0 Å². The number of hydrogen-bond acceptors (Lipinski definition) is 3. The summed E-state index contributed by atoms with van der Waals surface area (Å²) in [6.07, 6.45) is 2.10. The summed E-state index contributed by atoms with van der Waals surface area (Å²) in [7, 11) is -3.32. The molecule has 3 nitrogen and oxygen atoms in total. The lowest BCUT2D eigenvalue weighted by atomic mass is 9.96. The first-order valence-corrected chi connectivity index (χ1v) is 8.00. The molecule has 18 heavy (non-hydrogen) atoms. The Morgan fingerprint density at radius 1 is 1.39 bits per heavy atom. The number of halogens is 1. The van der Waals surface area contributed by atoms with Gasteiger partial charge in [-0.2, -0.15) is 0 Å². The lowest BCUT2D eigenvalue weighted by Crippen LogP contribution is -2.20. The fourth-order valence-corrected chi connectivity index (χ4v) is 3.68. The Morgan fingerprint density at radius 2 is 2.00 bits per heavy atom. The Kier molecular flexibility index (Phi) is 3.47. The Balaban J connectivity index is 2.44. The molecule has 1 saturated carbocycles. The molecular formula is C13H18ClNO2S. The summed E-state index contributed by atoms with van der Waals surface area (Å²) in [5, 5.41) is -0.161. The van der Waals surface area contributed by atoms with Crippen molar-refractivity contribution in [2.75, 3.05) is 6.54 Å². The average molecular weight is 288 g/mol. The summed E-state index contributed by atoms with van der Waals surface area (Å²) < 4.78 is 24.2. The summed E-state index contributed by atoms with van der Waals surface area (Å²) in [6, 6.07) is 5.22. The summed E-state index contributed by atoms with van der Waals surface area (Å²) in [5.74, 6) is 0. The molecule has 1 aromatic rings. The Bertz CT molecular complexity index is 562. The molecule has 0 radical (unpaired) electrons. The van der Waals surface area contributed by atoms with Gasteiger partial charge in [0, 0.05) is 12.0 Å². The summed E-state index contributed by atoms with van der Waals surface area (Å²) in [4.78, 5) is 0.218. The van der Waals surface area contributed by atoms with Gasteiger partial charge in [-0.3, -0.25) is 0 Å². The minimum absolute atomic E-state index is 0.0315. The first-order chi connectivity index (χ1) is 8.33. The number of nitrogens with two attached hydrogens (primary N) is 1. The fraction of sp³-hybridized carbons (Fsp3) is 0.538. The van der Waals surface area contributed by atoms with Crippen LogP contribution in [0.2, 0.25) is 5.02 Å². The van der Waals surface area contributed by atoms with Gasteiger partial charge in [-0.25, -0.2) is 8.42 Å². The highest BCUT2D eigenvalue weighted by Gasteiger charge is 2.43. The van der Waals surface area contributed by atoms with Gasteiger partial charge in [0.25, 0.3) is 0 Å². The van der Waals surface area contributed by atoms with E-state index >= 15 is 0 Å². The monoisotopic (exact) mass is 287 g/mol. The Labute approximate surface area is 113 Å². The van der Waals surface area contributed by atoms with Crippen LogP contribution in [0.25, 0.3) is 0 Å². The van der Waals surface area contributed by atoms with Crippen LogP contribution < -0.4 is 5.73 Å². The molecule has 0 heterocycles. The second-order valence-electron chi connectivity index (χ2n) is 5.22. The molecule has 0 atom stereocenters. The Morgan fingerprint density at radius 3 is 2.39 bits per heavy atom. The van der Waals surface area contributed by atoms with E-state index in [-0.39, 0.29) is 10.3 Å². The molecule has 2 N–H and O–H groups in total. The molecular weight excluding hydrogens is 270 g/mol. The molecule has 5 heteroatoms. The van der Waals surface area contributed by atoms with Crippen LogP contribution in [0.5, 0.6) is 0 Å². The maximum atomic E-state index is 12.1. The molecule has 1 aliphatic rings. The molecule has 0 aliphatic heterocycles. The van der Waals surface area contributed by atoms with E-state index in [9.17, 15) is 8.42 Å². The van der Waals surface area contributed by atoms with Gasteiger partial charge in [-0.05, 0) is 44.4 Å². The van der Waals surface area contributed by atoms with Crippen molar-refractivity contribution in [2.45, 2.75) is 42.2 Å². The van der Waals surface area contributed by atoms with Crippen LogP contribution in [0.3, 0.4) is 0 Å². The largest absolute Gasteiger partial charge is 0.330 e. The maximum Gasteiger partial charge on any atom is 0.182 e. The van der Waals surface area contributed by atoms with Crippen LogP contribution in [0, 0.1) is 0 Å². The van der Waals surface area contributed by atoms with E-state index in [1.165, 1.54) is 0 Å². The maximum absolute atomic E-state index is 12.1. The third-order valence-corrected chi connectivity index (χ3v) is 6.35. The standard InChI is InChI=1S/C13H18ClNO2S/c1-9(2)18(16,17)12-4-3-10(7-11(12)14)13(8-15)5-6-13/h3-4,7,9H,5-6,8,15H2,1-2H3. The van der Waals surface area contributed by atoms with Gasteiger partial charge in [-0.1, -0.05) is 17.7 Å². The molecule has 1 aliphatic carbocycles. The lowest BCUT2D eigenvalue weighted by molar-refractivity contribution is 0.587. The molecule has 0 saturated heterocycles. The molecule has 0 amide bonds. The first-order valence-electron chi connectivity index (χ1n) is 6.07. The smallest absolute Gasteiger partial charge is 0.182 e. The van der Waals surface area contributed by atoms with Gasteiger partial charge in [0.2, 0.25) is 0 Å². The van der Waals surface area contributed by atoms with Crippen molar-refractivity contribution < 1.29 is 8.42 Å². The van der Waals surface area contributed by atoms with Crippen molar-refractivity contribution in [3.05, 3.63) is 28.8 Å². The van der Waals surface area contributed by atoms with Crippen LogP contribution >= 0.6 is 11.6 Å². The zero-order valence-electron chi connectivity index (χ0n) is 10.6. The molecule has 1 fully saturated rings. The van der Waals surface area contributed by atoms with E-state index in [1.54, 1.807) is 26.0 Å². The normalized spacial score (nSPS) is 18.1. The van der Waals surface area contributed by atoms with E-state index in [0.29, 0.717) is 11.6 Å². The van der Waals surface area contributed by atoms with Gasteiger partial charge in [0.05, 0.1) is 15.2 Å². The number of benzene rings is 1. The molecule has 0 spiro atoms. The third kappa shape index (κ3) is 2.17. The topological polar surface area (TPSA) is 60.2 Å². The Hall–Kier alpha value is -0.580. The third-order valence-electron chi connectivity index (χ3n) is 3.72. The van der Waals surface area contributed by atoms with Crippen molar-refractivity contribution in [3.63, 3.8) is 0 Å². The average Bonchev–Trinajstić information content (AvgIpc) is 3.09. The van der Waals surface area contributed by atoms with Gasteiger partial charge in [0.1, 0.15) is 0 Å². The molecule has 2 rings (SSSR count). The van der Waals surface area contributed by atoms with E-state index in [4.69, 9.17) is 17.3 Å². The zero-order chi connectivity index (χ0) is 13.6. The van der Waals surface area contributed by atoms with E-state index in [0.717, 1.165) is 18.4 Å². The molecule has 1 aromatic carbocycles. The van der Waals surface area contributed by atoms with Crippen molar-refractivity contribution in [1.29, 1.82) is 0 Å². The number of hydrogen-bond donors (Lipinski definition) is 1. The van der Waals surface area contributed by atoms with Crippen molar-refractivity contribution >= 4 is 21.4 Å². The molecule has 0 aromatic heterocycles. The minimum Gasteiger partial charge on any atom is -0.330 e. The van der Waals surface area contributed by atoms with E-state index < -0.39 is 15.1 Å². The number of sulfone groups is 1. The van der Waals surface area contributed by atoms with Crippen molar-refractivity contribution in [1.82, 2.24) is 0 Å². The van der Waals surface area contributed by atoms with E-state index in [1.807, 2.05) is 6.07 Å². The summed E-state index contributed by atoms with van der Waals surface area (Å²) in [5.41, 5.74) is 6.85. The van der Waals surface area contributed by atoms with Crippen molar-refractivity contribution in [3.8, 4) is 0 Å². The first kappa shape index (κ1) is 13.8. The number of rotatable bonds is 4. The van der Waals surface area contributed by atoms with Gasteiger partial charge < -0.3 is 5.73 Å². The predicted molar refractivity (Wildman–Crippen MR) is 73.7 cm³/mol. The molecule has 0 bridgehead atoms. The fourth-order valence-electron chi connectivity index (χ4n) is 2.08. The highest BCUT2D eigenvalue weighted by molar-refractivity contribution is 7.92. The van der Waals surface area contributed by atoms with Gasteiger partial charge >= 0.3 is 0 Å². The summed E-state index contributed by atoms with van der Waals surface area (Å²) in [6.45, 7) is 3.89. The van der Waals surface area contributed by atoms with Crippen LogP contribution in [0.15, 0.2) is 23.1 Å². The van der Waals surface area contributed by atoms with E-state index in [2.05, 4.69) is 0 Å². The van der Waals surface area contributed by atoms with Gasteiger partial charge in [0.15, 0.2) is 9.84 Å². The molecule has 100 valence electrons. The second-order valence-corrected chi connectivity index (χ2v) is 8.10.